The van der Waals surface area contributed by atoms with E-state index in [0.29, 0.717) is 12.8 Å². The van der Waals surface area contributed by atoms with Crippen molar-refractivity contribution in [3.63, 3.8) is 0 Å². The summed E-state index contributed by atoms with van der Waals surface area (Å²) in [6.07, 6.45) is 78.3. The number of rotatable bonds is 62. The maximum absolute atomic E-state index is 13.5. The van der Waals surface area contributed by atoms with E-state index in [4.69, 9.17) is 14.2 Å². The highest BCUT2D eigenvalue weighted by Crippen LogP contribution is 2.26. The van der Waals surface area contributed by atoms with E-state index >= 15 is 0 Å². The van der Waals surface area contributed by atoms with E-state index in [9.17, 15) is 35.1 Å². The van der Waals surface area contributed by atoms with Crippen molar-refractivity contribution in [2.24, 2.45) is 0 Å². The van der Waals surface area contributed by atoms with Gasteiger partial charge in [0.2, 0.25) is 5.91 Å². The molecule has 8 atom stereocenters. The molecule has 0 aromatic heterocycles. The first-order valence-corrected chi connectivity index (χ1v) is 36.7. The second-order valence-corrected chi connectivity index (χ2v) is 25.0. The zero-order chi connectivity index (χ0) is 64.6. The lowest BCUT2D eigenvalue weighted by Gasteiger charge is -2.41. The molecule has 512 valence electrons. The molecule has 0 saturated carbocycles. The summed E-state index contributed by atoms with van der Waals surface area (Å²) in [6.45, 7) is 5.75. The second-order valence-electron chi connectivity index (χ2n) is 25.0. The third kappa shape index (κ3) is 51.5. The number of allylic oxidation sites excluding steroid dienone is 17. The van der Waals surface area contributed by atoms with Gasteiger partial charge in [-0.15, -0.1) is 0 Å². The van der Waals surface area contributed by atoms with Crippen LogP contribution in [0, 0.1) is 0 Å². The smallest absolute Gasteiger partial charge is 0.306 e. The van der Waals surface area contributed by atoms with Crippen molar-refractivity contribution in [1.82, 2.24) is 5.32 Å². The van der Waals surface area contributed by atoms with Crippen LogP contribution in [0.4, 0.5) is 0 Å². The van der Waals surface area contributed by atoms with E-state index in [1.54, 1.807) is 6.08 Å². The van der Waals surface area contributed by atoms with Crippen LogP contribution in [0.3, 0.4) is 0 Å². The number of aliphatic hydroxyl groups excluding tert-OH is 5. The Kier molecular flexibility index (Phi) is 60.3. The predicted octanol–water partition coefficient (Wildman–Crippen LogP) is 19.2. The molecule has 11 heteroatoms. The van der Waals surface area contributed by atoms with Gasteiger partial charge in [-0.25, -0.2) is 0 Å². The maximum Gasteiger partial charge on any atom is 0.306 e. The van der Waals surface area contributed by atoms with Crippen molar-refractivity contribution < 1.29 is 49.3 Å². The average molecular weight is 1250 g/mol. The highest BCUT2D eigenvalue weighted by molar-refractivity contribution is 5.80. The van der Waals surface area contributed by atoms with Crippen LogP contribution in [-0.4, -0.2) is 99.6 Å². The quantitative estimate of drug-likeness (QED) is 0.0195. The molecule has 1 amide bonds. The maximum atomic E-state index is 13.5. The average Bonchev–Trinajstić information content (AvgIpc) is 3.11. The first-order valence-electron chi connectivity index (χ1n) is 36.7. The molecule has 0 aliphatic carbocycles. The summed E-state index contributed by atoms with van der Waals surface area (Å²) < 4.78 is 17.7. The van der Waals surface area contributed by atoms with Gasteiger partial charge in [0.1, 0.15) is 24.4 Å². The van der Waals surface area contributed by atoms with Crippen molar-refractivity contribution in [1.29, 1.82) is 0 Å². The normalized spacial score (nSPS) is 18.8. The fourth-order valence-electron chi connectivity index (χ4n) is 10.9. The van der Waals surface area contributed by atoms with Gasteiger partial charge >= 0.3 is 5.97 Å². The van der Waals surface area contributed by atoms with Crippen LogP contribution in [0.25, 0.3) is 0 Å². The molecule has 89 heavy (non-hydrogen) atoms. The van der Waals surface area contributed by atoms with Crippen LogP contribution in [-0.2, 0) is 23.8 Å². The summed E-state index contributed by atoms with van der Waals surface area (Å²) in [6, 6.07) is -1.04. The Morgan fingerprint density at radius 3 is 1.18 bits per heavy atom. The summed E-state index contributed by atoms with van der Waals surface area (Å²) in [4.78, 5) is 26.7. The minimum atomic E-state index is -1.63. The van der Waals surface area contributed by atoms with Gasteiger partial charge in [0, 0.05) is 6.42 Å². The highest BCUT2D eigenvalue weighted by atomic mass is 16.7. The Balaban J connectivity index is 2.60. The van der Waals surface area contributed by atoms with Gasteiger partial charge in [-0.3, -0.25) is 9.59 Å². The molecule has 1 fully saturated rings. The minimum Gasteiger partial charge on any atom is -0.454 e. The summed E-state index contributed by atoms with van der Waals surface area (Å²) >= 11 is 0. The molecule has 11 nitrogen and oxygen atoms in total. The van der Waals surface area contributed by atoms with Crippen molar-refractivity contribution in [2.45, 2.75) is 359 Å². The fourth-order valence-corrected chi connectivity index (χ4v) is 10.9. The summed E-state index contributed by atoms with van der Waals surface area (Å²) in [5.74, 6) is -1.22. The Morgan fingerprint density at radius 2 is 0.775 bits per heavy atom. The molecular formula is C78H135NO10. The van der Waals surface area contributed by atoms with Crippen LogP contribution in [0.15, 0.2) is 109 Å². The molecule has 0 spiro atoms. The minimum absolute atomic E-state index is 0.0977. The van der Waals surface area contributed by atoms with Crippen LogP contribution < -0.4 is 5.32 Å². The lowest BCUT2D eigenvalue weighted by atomic mass is 9.99. The van der Waals surface area contributed by atoms with Crippen molar-refractivity contribution >= 4 is 11.9 Å². The summed E-state index contributed by atoms with van der Waals surface area (Å²) in [5, 5.41) is 57.3. The Hall–Kier alpha value is -3.68. The van der Waals surface area contributed by atoms with E-state index in [0.717, 1.165) is 116 Å². The monoisotopic (exact) mass is 1250 g/mol. The molecule has 0 bridgehead atoms. The standard InChI is InChI=1S/C78H135NO10/c1-4-7-10-13-16-19-22-25-27-29-31-33-34-35-36-37-39-40-42-44-47-50-53-56-59-62-65-71(82)77(86)79-69(70(81)64-61-58-55-52-49-46-24-21-18-15-12-9-6-3)68-87-78-76(75(85)74(84)72(67-80)88-78)89-73(83)66-63-60-57-54-51-48-45-43-41-38-32-30-28-26-23-20-17-14-11-8-5-2/h16-17,19-20,25-28,31-33,35-36,38,43,45,61,64,69-72,74-76,78,80-82,84-85H,4-15,18,21-24,29-30,34,37,39-42,44,46-60,62-63,65-68H2,1-3H3,(H,79,86)/b19-16-,20-17-,27-25-,28-26-,33-31-,36-35-,38-32-,45-43-,64-61+. The first-order chi connectivity index (χ1) is 43.7. The van der Waals surface area contributed by atoms with Gasteiger partial charge in [-0.05, 0) is 116 Å². The van der Waals surface area contributed by atoms with E-state index in [-0.39, 0.29) is 19.4 Å². The fraction of sp³-hybridized carbons (Fsp3) is 0.744. The molecule has 1 aliphatic heterocycles. The third-order valence-corrected chi connectivity index (χ3v) is 16.6. The van der Waals surface area contributed by atoms with Gasteiger partial charge in [0.15, 0.2) is 12.4 Å². The number of carbonyl (C=O) groups excluding carboxylic acids is 2. The Morgan fingerprint density at radius 1 is 0.438 bits per heavy atom. The number of esters is 1. The number of hydrogen-bond donors (Lipinski definition) is 6. The predicted molar refractivity (Wildman–Crippen MR) is 375 cm³/mol. The molecule has 1 heterocycles. The van der Waals surface area contributed by atoms with Crippen molar-refractivity contribution in [3.05, 3.63) is 109 Å². The number of carbonyl (C=O) groups is 2. The van der Waals surface area contributed by atoms with Gasteiger partial charge in [0.05, 0.1) is 25.4 Å². The number of ether oxygens (including phenoxy) is 3. The zero-order valence-electron chi connectivity index (χ0n) is 57.0. The SMILES string of the molecule is CCCCC/C=C\C/C=C\C/C=C\C/C=C\CCCCCCCCCCCCC(O)C(=O)NC(COC1OC(CO)C(O)C(O)C1OC(=O)CCCCCCC/C=C\C/C=C\C/C=C\C/C=C\CCCCC)C(O)/C=C/CCCCCCCCCCCCC. The largest absolute Gasteiger partial charge is 0.454 e. The van der Waals surface area contributed by atoms with Gasteiger partial charge in [-0.2, -0.15) is 0 Å². The van der Waals surface area contributed by atoms with E-state index in [1.807, 2.05) is 6.08 Å². The molecule has 6 N–H and O–H groups in total. The van der Waals surface area contributed by atoms with Gasteiger partial charge in [-0.1, -0.05) is 297 Å². The zero-order valence-corrected chi connectivity index (χ0v) is 57.0. The molecular weight excluding hydrogens is 1110 g/mol. The van der Waals surface area contributed by atoms with E-state index in [2.05, 4.69) is 123 Å². The van der Waals surface area contributed by atoms with Crippen molar-refractivity contribution in [2.75, 3.05) is 13.2 Å². The summed E-state index contributed by atoms with van der Waals surface area (Å²) in [5.41, 5.74) is 0. The number of amides is 1. The van der Waals surface area contributed by atoms with E-state index in [1.165, 1.54) is 148 Å². The van der Waals surface area contributed by atoms with Gasteiger partial charge in [0.25, 0.3) is 0 Å². The molecule has 0 aromatic carbocycles. The first kappa shape index (κ1) is 83.3. The van der Waals surface area contributed by atoms with Crippen molar-refractivity contribution in [3.8, 4) is 0 Å². The number of hydrogen-bond acceptors (Lipinski definition) is 10. The highest BCUT2D eigenvalue weighted by Gasteiger charge is 2.47. The van der Waals surface area contributed by atoms with Crippen LogP contribution in [0.5, 0.6) is 0 Å². The number of unbranched alkanes of at least 4 members (excludes halogenated alkanes) is 32. The lowest BCUT2D eigenvalue weighted by Crippen LogP contribution is -2.61. The van der Waals surface area contributed by atoms with Crippen LogP contribution >= 0.6 is 0 Å². The molecule has 8 unspecified atom stereocenters. The molecule has 1 rings (SSSR count). The van der Waals surface area contributed by atoms with Crippen LogP contribution in [0.2, 0.25) is 0 Å². The Labute approximate surface area is 545 Å². The topological polar surface area (TPSA) is 175 Å². The van der Waals surface area contributed by atoms with E-state index < -0.39 is 67.4 Å². The second kappa shape index (κ2) is 64.4. The number of aliphatic hydroxyl groups is 5. The molecule has 1 saturated heterocycles. The molecule has 0 radical (unpaired) electrons. The third-order valence-electron chi connectivity index (χ3n) is 16.6. The molecule has 0 aromatic rings. The Bertz CT molecular complexity index is 1870. The van der Waals surface area contributed by atoms with Crippen LogP contribution in [0.1, 0.15) is 310 Å². The van der Waals surface area contributed by atoms with Gasteiger partial charge < -0.3 is 45.1 Å². The lowest BCUT2D eigenvalue weighted by molar-refractivity contribution is -0.305. The molecule has 1 aliphatic rings. The summed E-state index contributed by atoms with van der Waals surface area (Å²) in [7, 11) is 0. The number of nitrogens with one attached hydrogen (secondary N) is 1.